The second-order valence-corrected chi connectivity index (χ2v) is 5.94. The van der Waals surface area contributed by atoms with Crippen molar-refractivity contribution >= 4 is 40.4 Å². The van der Waals surface area contributed by atoms with E-state index in [2.05, 4.69) is 10.6 Å². The van der Waals surface area contributed by atoms with Gasteiger partial charge in [0, 0.05) is 12.1 Å². The standard InChI is InChI=1S/C20H15N3O6/c24-19(25)13-5-1-2-6-15(13)21-17-7-3-4-8-18(17)22-16-10-9-12(23(28)29)11-14(16)20(26)27/h1-11,21-22H,(H,24,25)(H,26,27). The SMILES string of the molecule is O=C(O)c1ccccc1Nc1ccccc1Nc1ccc([N+](=O)[O-])cc1C(=O)O. The Bertz CT molecular complexity index is 1110. The summed E-state index contributed by atoms with van der Waals surface area (Å²) in [6, 6.07) is 16.6. The van der Waals surface area contributed by atoms with Crippen molar-refractivity contribution in [2.24, 2.45) is 0 Å². The fraction of sp³-hybridized carbons (Fsp3) is 0. The van der Waals surface area contributed by atoms with E-state index < -0.39 is 16.9 Å². The number of para-hydroxylation sites is 3. The average Bonchev–Trinajstić information content (AvgIpc) is 2.69. The summed E-state index contributed by atoms with van der Waals surface area (Å²) >= 11 is 0. The number of benzene rings is 3. The molecule has 3 aromatic carbocycles. The molecule has 3 aromatic rings. The largest absolute Gasteiger partial charge is 0.478 e. The minimum absolute atomic E-state index is 0.0730. The molecule has 3 rings (SSSR count). The summed E-state index contributed by atoms with van der Waals surface area (Å²) in [6.45, 7) is 0. The Morgan fingerprint density at radius 1 is 0.724 bits per heavy atom. The molecule has 0 amide bonds. The van der Waals surface area contributed by atoms with Crippen molar-refractivity contribution in [1.29, 1.82) is 0 Å². The lowest BCUT2D eigenvalue weighted by Gasteiger charge is -2.16. The topological polar surface area (TPSA) is 142 Å². The van der Waals surface area contributed by atoms with E-state index in [4.69, 9.17) is 0 Å². The highest BCUT2D eigenvalue weighted by Crippen LogP contribution is 2.32. The first kappa shape index (κ1) is 19.4. The monoisotopic (exact) mass is 393 g/mol. The molecule has 0 saturated carbocycles. The van der Waals surface area contributed by atoms with Crippen LogP contribution in [0.1, 0.15) is 20.7 Å². The van der Waals surface area contributed by atoms with E-state index in [0.29, 0.717) is 17.1 Å². The highest BCUT2D eigenvalue weighted by Gasteiger charge is 2.17. The molecule has 0 bridgehead atoms. The Morgan fingerprint density at radius 2 is 1.21 bits per heavy atom. The summed E-state index contributed by atoms with van der Waals surface area (Å²) in [7, 11) is 0. The van der Waals surface area contributed by atoms with E-state index in [1.54, 1.807) is 42.5 Å². The van der Waals surface area contributed by atoms with Crippen LogP contribution in [-0.2, 0) is 0 Å². The van der Waals surface area contributed by atoms with Crippen LogP contribution in [0.3, 0.4) is 0 Å². The number of carboxylic acid groups (broad SMARTS) is 2. The predicted molar refractivity (Wildman–Crippen MR) is 106 cm³/mol. The maximum Gasteiger partial charge on any atom is 0.338 e. The third-order valence-corrected chi connectivity index (χ3v) is 4.07. The zero-order chi connectivity index (χ0) is 21.0. The highest BCUT2D eigenvalue weighted by atomic mass is 16.6. The van der Waals surface area contributed by atoms with E-state index in [1.165, 1.54) is 18.2 Å². The molecule has 0 unspecified atom stereocenters. The Kier molecular flexibility index (Phi) is 5.40. The molecule has 0 aromatic heterocycles. The lowest BCUT2D eigenvalue weighted by Crippen LogP contribution is -2.06. The molecule has 0 saturated heterocycles. The summed E-state index contributed by atoms with van der Waals surface area (Å²) in [4.78, 5) is 33.2. The Hall–Kier alpha value is -4.40. The van der Waals surface area contributed by atoms with E-state index >= 15 is 0 Å². The summed E-state index contributed by atoms with van der Waals surface area (Å²) in [5.41, 5.74) is 0.943. The number of anilines is 4. The van der Waals surface area contributed by atoms with Crippen molar-refractivity contribution in [2.75, 3.05) is 10.6 Å². The fourth-order valence-electron chi connectivity index (χ4n) is 2.70. The van der Waals surface area contributed by atoms with Crippen molar-refractivity contribution in [2.45, 2.75) is 0 Å². The molecule has 0 atom stereocenters. The number of carbonyl (C=O) groups is 2. The number of aromatic carboxylic acids is 2. The molecular formula is C20H15N3O6. The van der Waals surface area contributed by atoms with E-state index in [0.717, 1.165) is 6.07 Å². The molecular weight excluding hydrogens is 378 g/mol. The van der Waals surface area contributed by atoms with Gasteiger partial charge >= 0.3 is 11.9 Å². The Labute approximate surface area is 164 Å². The zero-order valence-electron chi connectivity index (χ0n) is 14.8. The Balaban J connectivity index is 1.98. The smallest absolute Gasteiger partial charge is 0.338 e. The van der Waals surface area contributed by atoms with Crippen LogP contribution in [0.2, 0.25) is 0 Å². The molecule has 0 aliphatic carbocycles. The van der Waals surface area contributed by atoms with E-state index in [-0.39, 0.29) is 22.5 Å². The first-order chi connectivity index (χ1) is 13.9. The molecule has 9 heteroatoms. The van der Waals surface area contributed by atoms with E-state index in [9.17, 15) is 29.9 Å². The van der Waals surface area contributed by atoms with Crippen LogP contribution in [0.5, 0.6) is 0 Å². The zero-order valence-corrected chi connectivity index (χ0v) is 14.8. The number of non-ortho nitro benzene ring substituents is 1. The van der Waals surface area contributed by atoms with Gasteiger partial charge < -0.3 is 20.8 Å². The summed E-state index contributed by atoms with van der Waals surface area (Å²) < 4.78 is 0. The van der Waals surface area contributed by atoms with E-state index in [1.807, 2.05) is 0 Å². The molecule has 0 radical (unpaired) electrons. The van der Waals surface area contributed by atoms with Gasteiger partial charge in [0.05, 0.1) is 38.8 Å². The molecule has 0 aliphatic rings. The summed E-state index contributed by atoms with van der Waals surface area (Å²) in [5.74, 6) is -2.42. The van der Waals surface area contributed by atoms with Gasteiger partial charge in [-0.1, -0.05) is 24.3 Å². The quantitative estimate of drug-likeness (QED) is 0.340. The maximum absolute atomic E-state index is 11.5. The number of carboxylic acids is 2. The minimum atomic E-state index is -1.32. The van der Waals surface area contributed by atoms with Gasteiger partial charge in [-0.25, -0.2) is 9.59 Å². The molecule has 29 heavy (non-hydrogen) atoms. The number of nitro benzene ring substituents is 1. The number of nitrogens with one attached hydrogen (secondary N) is 2. The van der Waals surface area contributed by atoms with Gasteiger partial charge in [0.25, 0.3) is 5.69 Å². The lowest BCUT2D eigenvalue weighted by molar-refractivity contribution is -0.384. The van der Waals surface area contributed by atoms with Crippen LogP contribution in [0.15, 0.2) is 66.7 Å². The van der Waals surface area contributed by atoms with Gasteiger partial charge in [-0.15, -0.1) is 0 Å². The first-order valence-corrected chi connectivity index (χ1v) is 8.34. The number of hydrogen-bond acceptors (Lipinski definition) is 6. The second kappa shape index (κ2) is 8.09. The third-order valence-electron chi connectivity index (χ3n) is 4.07. The third kappa shape index (κ3) is 4.30. The van der Waals surface area contributed by atoms with Gasteiger partial charge in [0.15, 0.2) is 0 Å². The number of nitrogens with zero attached hydrogens (tertiary/aromatic N) is 1. The molecule has 0 aliphatic heterocycles. The fourth-order valence-corrected chi connectivity index (χ4v) is 2.70. The molecule has 0 fully saturated rings. The van der Waals surface area contributed by atoms with Crippen LogP contribution in [-0.4, -0.2) is 27.1 Å². The second-order valence-electron chi connectivity index (χ2n) is 5.94. The van der Waals surface area contributed by atoms with Crippen LogP contribution in [0, 0.1) is 10.1 Å². The molecule has 0 spiro atoms. The average molecular weight is 393 g/mol. The van der Waals surface area contributed by atoms with Crippen molar-refractivity contribution < 1.29 is 24.7 Å². The number of rotatable bonds is 7. The molecule has 0 heterocycles. The van der Waals surface area contributed by atoms with Gasteiger partial charge in [0.1, 0.15) is 0 Å². The van der Waals surface area contributed by atoms with Crippen molar-refractivity contribution in [1.82, 2.24) is 0 Å². The van der Waals surface area contributed by atoms with Crippen LogP contribution in [0.25, 0.3) is 0 Å². The van der Waals surface area contributed by atoms with Crippen molar-refractivity contribution in [3.8, 4) is 0 Å². The molecule has 146 valence electrons. The Morgan fingerprint density at radius 3 is 1.72 bits per heavy atom. The van der Waals surface area contributed by atoms with Crippen LogP contribution in [0.4, 0.5) is 28.4 Å². The summed E-state index contributed by atoms with van der Waals surface area (Å²) in [5, 5.41) is 35.6. The predicted octanol–water partition coefficient (Wildman–Crippen LogP) is 4.48. The minimum Gasteiger partial charge on any atom is -0.478 e. The van der Waals surface area contributed by atoms with Crippen molar-refractivity contribution in [3.63, 3.8) is 0 Å². The summed E-state index contributed by atoms with van der Waals surface area (Å²) in [6.07, 6.45) is 0. The maximum atomic E-state index is 11.5. The van der Waals surface area contributed by atoms with Gasteiger partial charge in [0.2, 0.25) is 0 Å². The van der Waals surface area contributed by atoms with Gasteiger partial charge in [-0.2, -0.15) is 0 Å². The van der Waals surface area contributed by atoms with Crippen LogP contribution >= 0.6 is 0 Å². The number of hydrogen-bond donors (Lipinski definition) is 4. The van der Waals surface area contributed by atoms with Crippen molar-refractivity contribution in [3.05, 3.63) is 88.0 Å². The first-order valence-electron chi connectivity index (χ1n) is 8.34. The van der Waals surface area contributed by atoms with Gasteiger partial charge in [-0.3, -0.25) is 10.1 Å². The van der Waals surface area contributed by atoms with Crippen LogP contribution < -0.4 is 10.6 Å². The highest BCUT2D eigenvalue weighted by molar-refractivity contribution is 5.98. The molecule has 9 nitrogen and oxygen atoms in total. The van der Waals surface area contributed by atoms with Gasteiger partial charge in [-0.05, 0) is 30.3 Å². The number of nitro groups is 1. The normalized spacial score (nSPS) is 10.2. The lowest BCUT2D eigenvalue weighted by atomic mass is 10.1. The molecule has 4 N–H and O–H groups in total.